The third-order valence-electron chi connectivity index (χ3n) is 4.15. The average Bonchev–Trinajstić information content (AvgIpc) is 3.33. The lowest BCUT2D eigenvalue weighted by Gasteiger charge is -2.05. The molecule has 26 heavy (non-hydrogen) atoms. The second-order valence-corrected chi connectivity index (χ2v) is 6.26. The van der Waals surface area contributed by atoms with Crippen molar-refractivity contribution in [3.63, 3.8) is 0 Å². The first-order valence-electron chi connectivity index (χ1n) is 8.47. The normalized spacial score (nSPS) is 15.1. The molecule has 6 heteroatoms. The van der Waals surface area contributed by atoms with Crippen LogP contribution < -0.4 is 20.1 Å². The van der Waals surface area contributed by atoms with Gasteiger partial charge in [0.05, 0.1) is 0 Å². The van der Waals surface area contributed by atoms with Crippen LogP contribution in [-0.4, -0.2) is 24.6 Å². The lowest BCUT2D eigenvalue weighted by molar-refractivity contribution is -0.111. The van der Waals surface area contributed by atoms with Gasteiger partial charge in [-0.25, -0.2) is 0 Å². The van der Waals surface area contributed by atoms with E-state index < -0.39 is 0 Å². The minimum atomic E-state index is -0.252. The van der Waals surface area contributed by atoms with E-state index in [0.717, 1.165) is 18.4 Å². The van der Waals surface area contributed by atoms with Crippen molar-refractivity contribution < 1.29 is 19.1 Å². The number of carbonyl (C=O) groups is 2. The fourth-order valence-electron chi connectivity index (χ4n) is 2.57. The Morgan fingerprint density at radius 3 is 2.54 bits per heavy atom. The van der Waals surface area contributed by atoms with Crippen LogP contribution in [0.2, 0.25) is 0 Å². The number of rotatable bonds is 5. The molecule has 0 atom stereocenters. The van der Waals surface area contributed by atoms with Crippen molar-refractivity contribution in [2.45, 2.75) is 18.9 Å². The zero-order valence-corrected chi connectivity index (χ0v) is 14.0. The summed E-state index contributed by atoms with van der Waals surface area (Å²) in [6, 6.07) is 12.6. The van der Waals surface area contributed by atoms with Gasteiger partial charge in [0.2, 0.25) is 12.7 Å². The minimum Gasteiger partial charge on any atom is -0.454 e. The number of hydrogen-bond donors (Lipinski definition) is 2. The van der Waals surface area contributed by atoms with Crippen molar-refractivity contribution in [2.75, 3.05) is 12.1 Å². The Morgan fingerprint density at radius 2 is 1.77 bits per heavy atom. The molecule has 0 radical (unpaired) electrons. The highest BCUT2D eigenvalue weighted by atomic mass is 16.7. The molecule has 1 heterocycles. The van der Waals surface area contributed by atoms with Crippen LogP contribution in [0.4, 0.5) is 5.69 Å². The number of fused-ring (bicyclic) bond motifs is 1. The summed E-state index contributed by atoms with van der Waals surface area (Å²) in [6.45, 7) is 0.220. The molecule has 1 fully saturated rings. The third-order valence-corrected chi connectivity index (χ3v) is 4.15. The molecule has 2 N–H and O–H groups in total. The number of benzene rings is 2. The molecule has 1 aliphatic carbocycles. The van der Waals surface area contributed by atoms with E-state index in [1.165, 1.54) is 6.08 Å². The maximum Gasteiger partial charge on any atom is 0.251 e. The molecule has 2 aromatic carbocycles. The topological polar surface area (TPSA) is 76.7 Å². The van der Waals surface area contributed by atoms with Crippen molar-refractivity contribution in [2.24, 2.45) is 0 Å². The van der Waals surface area contributed by atoms with Crippen LogP contribution in [0.25, 0.3) is 6.08 Å². The molecule has 2 amide bonds. The number of ether oxygens (including phenoxy) is 2. The average molecular weight is 350 g/mol. The van der Waals surface area contributed by atoms with Crippen LogP contribution in [0, 0.1) is 0 Å². The van der Waals surface area contributed by atoms with Gasteiger partial charge in [-0.2, -0.15) is 0 Å². The lowest BCUT2D eigenvalue weighted by atomic mass is 10.2. The zero-order valence-electron chi connectivity index (χ0n) is 14.0. The van der Waals surface area contributed by atoms with Crippen molar-refractivity contribution in [1.29, 1.82) is 0 Å². The predicted molar refractivity (Wildman–Crippen MR) is 97.2 cm³/mol. The molecule has 2 aliphatic rings. The fraction of sp³-hybridized carbons (Fsp3) is 0.200. The first-order chi connectivity index (χ1) is 12.7. The Hall–Kier alpha value is -3.28. The van der Waals surface area contributed by atoms with Crippen LogP contribution in [0.5, 0.6) is 11.5 Å². The minimum absolute atomic E-state index is 0.0759. The molecular formula is C20H18N2O4. The maximum atomic E-state index is 12.1. The fourth-order valence-corrected chi connectivity index (χ4v) is 2.57. The van der Waals surface area contributed by atoms with Crippen molar-refractivity contribution in [3.8, 4) is 11.5 Å². The monoisotopic (exact) mass is 350 g/mol. The molecule has 0 spiro atoms. The highest BCUT2D eigenvalue weighted by molar-refractivity contribution is 6.02. The smallest absolute Gasteiger partial charge is 0.251 e. The molecule has 1 saturated carbocycles. The van der Waals surface area contributed by atoms with Crippen LogP contribution >= 0.6 is 0 Å². The number of carbonyl (C=O) groups excluding carboxylic acids is 2. The Kier molecular flexibility index (Phi) is 4.31. The second-order valence-electron chi connectivity index (χ2n) is 6.26. The summed E-state index contributed by atoms with van der Waals surface area (Å²) >= 11 is 0. The highest BCUT2D eigenvalue weighted by Crippen LogP contribution is 2.32. The maximum absolute atomic E-state index is 12.1. The summed E-state index contributed by atoms with van der Waals surface area (Å²) < 4.78 is 10.6. The summed E-state index contributed by atoms with van der Waals surface area (Å²) in [7, 11) is 0. The van der Waals surface area contributed by atoms with Gasteiger partial charge in [0, 0.05) is 23.4 Å². The lowest BCUT2D eigenvalue weighted by Crippen LogP contribution is -2.25. The van der Waals surface area contributed by atoms with Crippen LogP contribution in [0.1, 0.15) is 28.8 Å². The summed E-state index contributed by atoms with van der Waals surface area (Å²) in [5, 5.41) is 5.70. The van der Waals surface area contributed by atoms with Crippen LogP contribution in [0.15, 0.2) is 48.5 Å². The SMILES string of the molecule is O=C(/C=C/c1ccc2c(c1)OCO2)Nc1ccc(C(=O)NC2CC2)cc1. The molecule has 6 nitrogen and oxygen atoms in total. The predicted octanol–water partition coefficient (Wildman–Crippen LogP) is 2.96. The highest BCUT2D eigenvalue weighted by Gasteiger charge is 2.23. The quantitative estimate of drug-likeness (QED) is 0.813. The third kappa shape index (κ3) is 3.85. The second kappa shape index (κ2) is 6.92. The summed E-state index contributed by atoms with van der Waals surface area (Å²) in [4.78, 5) is 24.0. The van der Waals surface area contributed by atoms with Gasteiger partial charge in [0.25, 0.3) is 5.91 Å². The first-order valence-corrected chi connectivity index (χ1v) is 8.47. The molecule has 0 bridgehead atoms. The van der Waals surface area contributed by atoms with Crippen LogP contribution in [-0.2, 0) is 4.79 Å². The Labute approximate surface area is 150 Å². The molecule has 4 rings (SSSR count). The molecule has 0 aromatic heterocycles. The largest absolute Gasteiger partial charge is 0.454 e. The van der Waals surface area contributed by atoms with E-state index >= 15 is 0 Å². The van der Waals surface area contributed by atoms with Gasteiger partial charge in [0.1, 0.15) is 0 Å². The molecule has 2 aromatic rings. The number of nitrogens with one attached hydrogen (secondary N) is 2. The molecule has 0 unspecified atom stereocenters. The van der Waals surface area contributed by atoms with E-state index in [2.05, 4.69) is 10.6 Å². The van der Waals surface area contributed by atoms with E-state index in [9.17, 15) is 9.59 Å². The molecule has 132 valence electrons. The van der Waals surface area contributed by atoms with E-state index in [0.29, 0.717) is 28.8 Å². The summed E-state index contributed by atoms with van der Waals surface area (Å²) in [6.07, 6.45) is 5.26. The number of amides is 2. The van der Waals surface area contributed by atoms with E-state index in [1.807, 2.05) is 18.2 Å². The molecular weight excluding hydrogens is 332 g/mol. The van der Waals surface area contributed by atoms with Gasteiger partial charge >= 0.3 is 0 Å². The standard InChI is InChI=1S/C20H18N2O4/c23-19(10-2-13-1-9-17-18(11-13)26-12-25-17)21-15-5-3-14(4-6-15)20(24)22-16-7-8-16/h1-6,9-11,16H,7-8,12H2,(H,21,23)(H,22,24)/b10-2+. The first kappa shape index (κ1) is 16.2. The molecule has 1 aliphatic heterocycles. The van der Waals surface area contributed by atoms with Gasteiger partial charge in [-0.3, -0.25) is 9.59 Å². The Bertz CT molecular complexity index is 870. The number of anilines is 1. The van der Waals surface area contributed by atoms with Gasteiger partial charge in [0.15, 0.2) is 11.5 Å². The Balaban J connectivity index is 1.34. The zero-order chi connectivity index (χ0) is 17.9. The van der Waals surface area contributed by atoms with E-state index in [1.54, 1.807) is 30.3 Å². The van der Waals surface area contributed by atoms with Crippen LogP contribution in [0.3, 0.4) is 0 Å². The van der Waals surface area contributed by atoms with E-state index in [-0.39, 0.29) is 18.6 Å². The Morgan fingerprint density at radius 1 is 1.00 bits per heavy atom. The van der Waals surface area contributed by atoms with Crippen molar-refractivity contribution >= 4 is 23.6 Å². The summed E-state index contributed by atoms with van der Waals surface area (Å²) in [5.74, 6) is 1.05. The van der Waals surface area contributed by atoms with Crippen molar-refractivity contribution in [1.82, 2.24) is 5.32 Å². The van der Waals surface area contributed by atoms with Gasteiger partial charge in [-0.05, 0) is 60.9 Å². The van der Waals surface area contributed by atoms with E-state index in [4.69, 9.17) is 9.47 Å². The number of hydrogen-bond acceptors (Lipinski definition) is 4. The van der Waals surface area contributed by atoms with Gasteiger partial charge in [-0.15, -0.1) is 0 Å². The van der Waals surface area contributed by atoms with Gasteiger partial charge in [-0.1, -0.05) is 6.07 Å². The van der Waals surface area contributed by atoms with Crippen molar-refractivity contribution in [3.05, 3.63) is 59.7 Å². The summed E-state index contributed by atoms with van der Waals surface area (Å²) in [5.41, 5.74) is 2.07. The van der Waals surface area contributed by atoms with Gasteiger partial charge < -0.3 is 20.1 Å². The molecule has 0 saturated heterocycles.